The van der Waals surface area contributed by atoms with Crippen LogP contribution in [0.1, 0.15) is 30.9 Å². The van der Waals surface area contributed by atoms with E-state index < -0.39 is 0 Å². The molecule has 1 amide bonds. The normalized spacial score (nSPS) is 9.75. The van der Waals surface area contributed by atoms with Crippen LogP contribution in [-0.2, 0) is 11.2 Å². The summed E-state index contributed by atoms with van der Waals surface area (Å²) in [5.41, 5.74) is 2.86. The molecule has 0 aromatic heterocycles. The number of aliphatic hydroxyl groups excluding tert-OH is 1. The summed E-state index contributed by atoms with van der Waals surface area (Å²) in [7, 11) is 0. The first-order chi connectivity index (χ1) is 9.71. The Morgan fingerprint density at radius 3 is 2.90 bits per heavy atom. The third-order valence-electron chi connectivity index (χ3n) is 2.76. The van der Waals surface area contributed by atoms with Gasteiger partial charge in [-0.05, 0) is 36.4 Å². The average Bonchev–Trinajstić information content (AvgIpc) is 2.46. The predicted molar refractivity (Wildman–Crippen MR) is 86.0 cm³/mol. The lowest BCUT2D eigenvalue weighted by Crippen LogP contribution is -2.13. The highest BCUT2D eigenvalue weighted by Crippen LogP contribution is 2.18. The number of aryl methyl sites for hydroxylation is 1. The van der Waals surface area contributed by atoms with Gasteiger partial charge in [-0.25, -0.2) is 0 Å². The summed E-state index contributed by atoms with van der Waals surface area (Å²) in [4.78, 5) is 11.8. The molecule has 4 heteroatoms. The number of hydrogen-bond acceptors (Lipinski definition) is 3. The highest BCUT2D eigenvalue weighted by Gasteiger charge is 2.06. The Morgan fingerprint density at radius 2 is 2.25 bits per heavy atom. The van der Waals surface area contributed by atoms with Gasteiger partial charge in [-0.2, -0.15) is 11.8 Å². The van der Waals surface area contributed by atoms with E-state index in [9.17, 15) is 4.79 Å². The van der Waals surface area contributed by atoms with E-state index in [1.807, 2.05) is 24.5 Å². The van der Waals surface area contributed by atoms with Gasteiger partial charge < -0.3 is 10.4 Å². The fourth-order valence-corrected chi connectivity index (χ4v) is 2.10. The molecule has 0 unspecified atom stereocenters. The molecular weight excluding hydrogens is 270 g/mol. The number of carbonyl (C=O) groups excluding carboxylic acids is 1. The van der Waals surface area contributed by atoms with Crippen LogP contribution in [0, 0.1) is 11.8 Å². The van der Waals surface area contributed by atoms with Gasteiger partial charge in [-0.15, -0.1) is 0 Å². The van der Waals surface area contributed by atoms with Crippen LogP contribution in [0.5, 0.6) is 0 Å². The summed E-state index contributed by atoms with van der Waals surface area (Å²) in [6.45, 7) is 2.13. The predicted octanol–water partition coefficient (Wildman–Crippen LogP) is 2.67. The molecule has 0 spiro atoms. The molecule has 1 aromatic rings. The molecule has 0 aliphatic rings. The molecule has 20 heavy (non-hydrogen) atoms. The second-order valence-corrected chi connectivity index (χ2v) is 5.28. The first-order valence-corrected chi connectivity index (χ1v) is 8.12. The van der Waals surface area contributed by atoms with E-state index in [1.54, 1.807) is 11.8 Å². The number of carbonyl (C=O) groups is 1. The SMILES string of the molecule is CCc1cc(C#CCCO)ccc1NC(=O)CCSC. The van der Waals surface area contributed by atoms with Crippen molar-refractivity contribution in [2.75, 3.05) is 23.9 Å². The zero-order chi connectivity index (χ0) is 14.8. The van der Waals surface area contributed by atoms with Gasteiger partial charge in [0.1, 0.15) is 0 Å². The van der Waals surface area contributed by atoms with Crippen molar-refractivity contribution in [2.45, 2.75) is 26.2 Å². The number of aliphatic hydroxyl groups is 1. The molecule has 2 N–H and O–H groups in total. The lowest BCUT2D eigenvalue weighted by molar-refractivity contribution is -0.115. The standard InChI is InChI=1S/C16H21NO2S/c1-3-14-12-13(6-4-5-10-18)7-8-15(14)17-16(19)9-11-20-2/h7-8,12,18H,3,5,9-11H2,1-2H3,(H,17,19). The fourth-order valence-electron chi connectivity index (χ4n) is 1.71. The minimum Gasteiger partial charge on any atom is -0.395 e. The van der Waals surface area contributed by atoms with Gasteiger partial charge in [0.25, 0.3) is 0 Å². The van der Waals surface area contributed by atoms with Gasteiger partial charge in [0.15, 0.2) is 0 Å². The number of anilines is 1. The Labute approximate surface area is 125 Å². The maximum Gasteiger partial charge on any atom is 0.225 e. The minimum atomic E-state index is 0.0492. The number of thioether (sulfide) groups is 1. The summed E-state index contributed by atoms with van der Waals surface area (Å²) in [5.74, 6) is 6.79. The van der Waals surface area contributed by atoms with Crippen LogP contribution < -0.4 is 5.32 Å². The smallest absolute Gasteiger partial charge is 0.225 e. The van der Waals surface area contributed by atoms with Gasteiger partial charge in [-0.1, -0.05) is 18.8 Å². The van der Waals surface area contributed by atoms with Crippen molar-refractivity contribution in [1.82, 2.24) is 0 Å². The highest BCUT2D eigenvalue weighted by molar-refractivity contribution is 7.98. The van der Waals surface area contributed by atoms with E-state index in [0.29, 0.717) is 12.8 Å². The van der Waals surface area contributed by atoms with Gasteiger partial charge >= 0.3 is 0 Å². The van der Waals surface area contributed by atoms with Crippen LogP contribution >= 0.6 is 11.8 Å². The summed E-state index contributed by atoms with van der Waals surface area (Å²) in [5, 5.41) is 11.7. The van der Waals surface area contributed by atoms with Gasteiger partial charge in [-0.3, -0.25) is 4.79 Å². The summed E-state index contributed by atoms with van der Waals surface area (Å²) in [6, 6.07) is 5.79. The number of hydrogen-bond donors (Lipinski definition) is 2. The molecule has 1 rings (SSSR count). The van der Waals surface area contributed by atoms with Crippen LogP contribution in [-0.4, -0.2) is 29.6 Å². The summed E-state index contributed by atoms with van der Waals surface area (Å²) >= 11 is 1.66. The largest absolute Gasteiger partial charge is 0.395 e. The van der Waals surface area contributed by atoms with E-state index in [2.05, 4.69) is 24.1 Å². The fraction of sp³-hybridized carbons (Fsp3) is 0.438. The van der Waals surface area contributed by atoms with E-state index in [4.69, 9.17) is 5.11 Å². The molecule has 0 radical (unpaired) electrons. The zero-order valence-electron chi connectivity index (χ0n) is 12.0. The second-order valence-electron chi connectivity index (χ2n) is 4.29. The molecule has 3 nitrogen and oxygen atoms in total. The Bertz CT molecular complexity index is 503. The Kier molecular flexibility index (Phi) is 7.86. The summed E-state index contributed by atoms with van der Waals surface area (Å²) in [6.07, 6.45) is 3.84. The first-order valence-electron chi connectivity index (χ1n) is 6.72. The van der Waals surface area contributed by atoms with E-state index >= 15 is 0 Å². The number of nitrogens with one attached hydrogen (secondary N) is 1. The van der Waals surface area contributed by atoms with Gasteiger partial charge in [0.2, 0.25) is 5.91 Å². The van der Waals surface area contributed by atoms with Crippen LogP contribution in [0.3, 0.4) is 0 Å². The van der Waals surface area contributed by atoms with Crippen molar-refractivity contribution < 1.29 is 9.90 Å². The van der Waals surface area contributed by atoms with Crippen molar-refractivity contribution >= 4 is 23.4 Å². The number of rotatable bonds is 6. The molecule has 1 aromatic carbocycles. The van der Waals surface area contributed by atoms with Crippen molar-refractivity contribution in [3.05, 3.63) is 29.3 Å². The number of amides is 1. The molecule has 0 bridgehead atoms. The number of benzene rings is 1. The average molecular weight is 291 g/mol. The van der Waals surface area contributed by atoms with Crippen LogP contribution in [0.4, 0.5) is 5.69 Å². The third kappa shape index (κ3) is 5.68. The quantitative estimate of drug-likeness (QED) is 0.792. The maximum atomic E-state index is 11.8. The lowest BCUT2D eigenvalue weighted by Gasteiger charge is -2.10. The summed E-state index contributed by atoms with van der Waals surface area (Å²) < 4.78 is 0. The molecule has 108 valence electrons. The van der Waals surface area contributed by atoms with Crippen molar-refractivity contribution in [2.24, 2.45) is 0 Å². The minimum absolute atomic E-state index is 0.0492. The van der Waals surface area contributed by atoms with Crippen LogP contribution in [0.25, 0.3) is 0 Å². The molecule has 0 aliphatic carbocycles. The Morgan fingerprint density at radius 1 is 1.45 bits per heavy atom. The van der Waals surface area contributed by atoms with Gasteiger partial charge in [0, 0.05) is 29.8 Å². The van der Waals surface area contributed by atoms with Gasteiger partial charge in [0.05, 0.1) is 6.61 Å². The zero-order valence-corrected chi connectivity index (χ0v) is 12.8. The second kappa shape index (κ2) is 9.46. The third-order valence-corrected chi connectivity index (χ3v) is 3.38. The lowest BCUT2D eigenvalue weighted by atomic mass is 10.1. The Balaban J connectivity index is 2.78. The molecule has 0 fully saturated rings. The van der Waals surface area contributed by atoms with E-state index in [1.165, 1.54) is 0 Å². The molecule has 0 saturated carbocycles. The molecule has 0 heterocycles. The molecular formula is C16H21NO2S. The molecule has 0 atom stereocenters. The maximum absolute atomic E-state index is 11.8. The van der Waals surface area contributed by atoms with Crippen LogP contribution in [0.15, 0.2) is 18.2 Å². The van der Waals surface area contributed by atoms with Crippen molar-refractivity contribution in [1.29, 1.82) is 0 Å². The molecule has 0 saturated heterocycles. The monoisotopic (exact) mass is 291 g/mol. The first kappa shape index (κ1) is 16.6. The van der Waals surface area contributed by atoms with Crippen molar-refractivity contribution in [3.8, 4) is 11.8 Å². The van der Waals surface area contributed by atoms with Crippen molar-refractivity contribution in [3.63, 3.8) is 0 Å². The molecule has 0 aliphatic heterocycles. The van der Waals surface area contributed by atoms with E-state index in [-0.39, 0.29) is 12.5 Å². The topological polar surface area (TPSA) is 49.3 Å². The highest BCUT2D eigenvalue weighted by atomic mass is 32.2. The van der Waals surface area contributed by atoms with E-state index in [0.717, 1.165) is 29.0 Å². The van der Waals surface area contributed by atoms with Crippen LogP contribution in [0.2, 0.25) is 0 Å². The Hall–Kier alpha value is -1.44.